The Morgan fingerprint density at radius 2 is 2.02 bits per heavy atom. The molecule has 224 valence electrons. The summed E-state index contributed by atoms with van der Waals surface area (Å²) < 4.78 is 6.68. The number of allylic oxidation sites excluding steroid dienone is 7. The van der Waals surface area contributed by atoms with Crippen molar-refractivity contribution in [1.29, 1.82) is 0 Å². The van der Waals surface area contributed by atoms with Gasteiger partial charge in [-0.1, -0.05) is 51.0 Å². The fourth-order valence-corrected chi connectivity index (χ4v) is 5.74. The Kier molecular flexibility index (Phi) is 7.90. The van der Waals surface area contributed by atoms with E-state index >= 15 is 0 Å². The lowest BCUT2D eigenvalue weighted by Gasteiger charge is -2.37. The van der Waals surface area contributed by atoms with E-state index in [0.29, 0.717) is 59.6 Å². The lowest BCUT2D eigenvalue weighted by Crippen LogP contribution is -2.39. The Balaban J connectivity index is 1.32. The van der Waals surface area contributed by atoms with Gasteiger partial charge in [0.2, 0.25) is 0 Å². The fourth-order valence-electron chi connectivity index (χ4n) is 5.74. The predicted molar refractivity (Wildman–Crippen MR) is 168 cm³/mol. The summed E-state index contributed by atoms with van der Waals surface area (Å²) in [5, 5.41) is 13.2. The monoisotopic (exact) mass is 582 g/mol. The van der Waals surface area contributed by atoms with Gasteiger partial charge in [-0.05, 0) is 54.0 Å². The molecule has 2 unspecified atom stereocenters. The number of hydrazine groups is 2. The van der Waals surface area contributed by atoms with Crippen molar-refractivity contribution in [1.82, 2.24) is 20.1 Å². The van der Waals surface area contributed by atoms with Crippen LogP contribution in [0.2, 0.25) is 0 Å². The largest absolute Gasteiger partial charge is 0.508 e. The Morgan fingerprint density at radius 1 is 1.26 bits per heavy atom. The second kappa shape index (κ2) is 11.4. The molecule has 0 saturated carbocycles. The van der Waals surface area contributed by atoms with Crippen LogP contribution < -0.4 is 17.0 Å². The number of aliphatic imine (C=N–C) groups is 1. The minimum atomic E-state index is -0.418. The first-order chi connectivity index (χ1) is 20.4. The highest BCUT2D eigenvalue weighted by atomic mass is 16.4. The highest BCUT2D eigenvalue weighted by Crippen LogP contribution is 2.43. The van der Waals surface area contributed by atoms with Gasteiger partial charge in [-0.15, -0.1) is 5.53 Å². The first-order valence-corrected chi connectivity index (χ1v) is 14.2. The summed E-state index contributed by atoms with van der Waals surface area (Å²) in [7, 11) is 3.50. The van der Waals surface area contributed by atoms with Gasteiger partial charge in [0.25, 0.3) is 0 Å². The molecule has 3 heterocycles. The summed E-state index contributed by atoms with van der Waals surface area (Å²) >= 11 is 0. The number of nitrogens with two attached hydrogens (primary N) is 1. The van der Waals surface area contributed by atoms with E-state index in [2.05, 4.69) is 38.3 Å². The number of aryl methyl sites for hydroxylation is 2. The second-order valence-electron chi connectivity index (χ2n) is 11.6. The third kappa shape index (κ3) is 5.91. The number of fused-ring (bicyclic) bond motifs is 2. The molecule has 43 heavy (non-hydrogen) atoms. The number of aliphatic hydroxyl groups is 1. The molecule has 2 aromatic rings. The first-order valence-electron chi connectivity index (χ1n) is 14.2. The number of hydrogen-bond acceptors (Lipinski definition) is 9. The molecule has 10 nitrogen and oxygen atoms in total. The number of carbonyl (C=O) groups excluding carboxylic acids is 1. The van der Waals surface area contributed by atoms with Crippen LogP contribution in [0.5, 0.6) is 0 Å². The molecule has 0 radical (unpaired) electrons. The van der Waals surface area contributed by atoms with Crippen LogP contribution in [0.15, 0.2) is 117 Å². The SMILES string of the molecule is C=C(O)C1=CCC(C)(C(CC(=C)C2=NC3=CN(C)NN3C(C(=O)CCc3ccc4oc(=O)n(C)c4c3)=CC2)C(=C)N)C=C1. The standard InChI is InChI=1S/C33H38N6O4/c1-20(17-25(21(2)34)33(4)15-13-24(14-16-33)22(3)40)26-9-10-27(39-31(35-26)19-37(5)36-39)29(41)11-7-23-8-12-30-28(18-23)38(6)32(42)43-30/h8,10,12-15,18-19,25,36,40H,1-3,7,9,11,16-17,34H2,4-6H3. The van der Waals surface area contributed by atoms with Crippen molar-refractivity contribution in [3.05, 3.63) is 119 Å². The van der Waals surface area contributed by atoms with Crippen LogP contribution in [-0.2, 0) is 18.3 Å². The van der Waals surface area contributed by atoms with Crippen LogP contribution in [0.4, 0.5) is 0 Å². The van der Waals surface area contributed by atoms with Crippen molar-refractivity contribution in [2.45, 2.75) is 39.0 Å². The molecule has 1 aliphatic carbocycles. The van der Waals surface area contributed by atoms with Crippen molar-refractivity contribution in [3.8, 4) is 0 Å². The normalized spacial score (nSPS) is 20.5. The van der Waals surface area contributed by atoms with E-state index < -0.39 is 5.76 Å². The molecule has 2 aliphatic heterocycles. The Labute approximate surface area is 250 Å². The quantitative estimate of drug-likeness (QED) is 0.340. The zero-order valence-corrected chi connectivity index (χ0v) is 24.9. The zero-order chi connectivity index (χ0) is 31.1. The summed E-state index contributed by atoms with van der Waals surface area (Å²) in [5.41, 5.74) is 14.6. The van der Waals surface area contributed by atoms with Crippen molar-refractivity contribution in [2.24, 2.45) is 29.1 Å². The number of nitrogens with one attached hydrogen (secondary N) is 1. The number of aromatic nitrogens is 1. The molecule has 0 bridgehead atoms. The maximum absolute atomic E-state index is 13.6. The molecule has 1 aromatic heterocycles. The fraction of sp³-hybridized carbons (Fsp3) is 0.303. The van der Waals surface area contributed by atoms with E-state index in [1.807, 2.05) is 43.6 Å². The Hall–Kier alpha value is -4.83. The van der Waals surface area contributed by atoms with Crippen LogP contribution >= 0.6 is 0 Å². The van der Waals surface area contributed by atoms with Crippen LogP contribution in [0.1, 0.15) is 38.2 Å². The topological polar surface area (TPSA) is 129 Å². The second-order valence-corrected chi connectivity index (χ2v) is 11.6. The van der Waals surface area contributed by atoms with Gasteiger partial charge in [0.1, 0.15) is 11.5 Å². The van der Waals surface area contributed by atoms with Gasteiger partial charge < -0.3 is 15.3 Å². The summed E-state index contributed by atoms with van der Waals surface area (Å²) in [4.78, 5) is 30.3. The number of carbonyl (C=O) groups is 1. The average Bonchev–Trinajstić information content (AvgIpc) is 3.40. The van der Waals surface area contributed by atoms with Crippen molar-refractivity contribution in [3.63, 3.8) is 0 Å². The average molecular weight is 583 g/mol. The van der Waals surface area contributed by atoms with Crippen molar-refractivity contribution >= 4 is 22.6 Å². The summed E-state index contributed by atoms with van der Waals surface area (Å²) in [6, 6.07) is 5.52. The van der Waals surface area contributed by atoms with Crippen LogP contribution in [0.25, 0.3) is 11.1 Å². The van der Waals surface area contributed by atoms with Gasteiger partial charge in [0.15, 0.2) is 17.2 Å². The molecular formula is C33H38N6O4. The third-order valence-electron chi connectivity index (χ3n) is 8.40. The minimum absolute atomic E-state index is 0.0368. The molecule has 5 rings (SSSR count). The molecule has 0 saturated heterocycles. The predicted octanol–water partition coefficient (Wildman–Crippen LogP) is 4.83. The molecule has 0 fully saturated rings. The maximum Gasteiger partial charge on any atom is 0.419 e. The molecule has 4 N–H and O–H groups in total. The van der Waals surface area contributed by atoms with Gasteiger partial charge in [-0.3, -0.25) is 14.4 Å². The van der Waals surface area contributed by atoms with E-state index in [9.17, 15) is 14.7 Å². The molecule has 0 amide bonds. The molecule has 10 heteroatoms. The number of ketones is 1. The van der Waals surface area contributed by atoms with Crippen LogP contribution in [0.3, 0.4) is 0 Å². The highest BCUT2D eigenvalue weighted by molar-refractivity contribution is 6.03. The molecule has 3 aliphatic rings. The third-order valence-corrected chi connectivity index (χ3v) is 8.40. The number of oxazole rings is 1. The molecule has 2 atom stereocenters. The lowest BCUT2D eigenvalue weighted by atomic mass is 9.68. The zero-order valence-electron chi connectivity index (χ0n) is 24.9. The van der Waals surface area contributed by atoms with Gasteiger partial charge in [-0.25, -0.2) is 14.8 Å². The summed E-state index contributed by atoms with van der Waals surface area (Å²) in [6.45, 7) is 14.2. The number of Topliss-reactive ketones (excluding diaryl/α,β-unsaturated/α-hetero) is 1. The smallest absolute Gasteiger partial charge is 0.419 e. The highest BCUT2D eigenvalue weighted by Gasteiger charge is 2.35. The van der Waals surface area contributed by atoms with Crippen molar-refractivity contribution in [2.75, 3.05) is 7.05 Å². The molecule has 0 spiro atoms. The minimum Gasteiger partial charge on any atom is -0.508 e. The number of rotatable bonds is 10. The van der Waals surface area contributed by atoms with Crippen LogP contribution in [-0.4, -0.2) is 38.2 Å². The van der Waals surface area contributed by atoms with Gasteiger partial charge in [0, 0.05) is 49.8 Å². The van der Waals surface area contributed by atoms with E-state index in [-0.39, 0.29) is 29.3 Å². The number of nitrogens with zero attached hydrogens (tertiary/aromatic N) is 4. The Morgan fingerprint density at radius 3 is 2.70 bits per heavy atom. The first kappa shape index (κ1) is 29.7. The van der Waals surface area contributed by atoms with E-state index in [4.69, 9.17) is 15.1 Å². The number of benzene rings is 1. The maximum atomic E-state index is 13.6. The van der Waals surface area contributed by atoms with E-state index in [1.54, 1.807) is 23.1 Å². The van der Waals surface area contributed by atoms with Crippen molar-refractivity contribution < 1.29 is 14.3 Å². The molecular weight excluding hydrogens is 544 g/mol. The summed E-state index contributed by atoms with van der Waals surface area (Å²) in [6.07, 6.45) is 12.0. The number of aliphatic hydroxyl groups excluding tert-OH is 1. The van der Waals surface area contributed by atoms with Crippen LogP contribution in [0, 0.1) is 11.3 Å². The van der Waals surface area contributed by atoms with E-state index in [0.717, 1.165) is 16.8 Å². The Bertz CT molecular complexity index is 1750. The van der Waals surface area contributed by atoms with Gasteiger partial charge >= 0.3 is 5.76 Å². The number of hydrogen-bond donors (Lipinski definition) is 3. The van der Waals surface area contributed by atoms with Gasteiger partial charge in [0.05, 0.1) is 11.7 Å². The lowest BCUT2D eigenvalue weighted by molar-refractivity contribution is -0.117. The summed E-state index contributed by atoms with van der Waals surface area (Å²) in [5.74, 6) is 0.0380. The molecule has 1 aromatic carbocycles. The van der Waals surface area contributed by atoms with Gasteiger partial charge in [-0.2, -0.15) is 0 Å². The van der Waals surface area contributed by atoms with E-state index in [1.165, 1.54) is 4.57 Å².